The van der Waals surface area contributed by atoms with Gasteiger partial charge in [-0.15, -0.1) is 12.4 Å². The van der Waals surface area contributed by atoms with Crippen molar-refractivity contribution in [3.05, 3.63) is 28.3 Å². The third kappa shape index (κ3) is 3.25. The average Bonchev–Trinajstić information content (AvgIpc) is 2.90. The van der Waals surface area contributed by atoms with Crippen LogP contribution in [0.25, 0.3) is 10.2 Å². The van der Waals surface area contributed by atoms with Gasteiger partial charge in [-0.1, -0.05) is 11.3 Å². The molecule has 0 radical (unpaired) electrons. The van der Waals surface area contributed by atoms with E-state index in [2.05, 4.69) is 9.88 Å². The molecule has 1 aromatic heterocycles. The summed E-state index contributed by atoms with van der Waals surface area (Å²) < 4.78 is 0.987. The van der Waals surface area contributed by atoms with E-state index in [0.29, 0.717) is 18.0 Å². The smallest absolute Gasteiger partial charge is 0.271 e. The number of aromatic nitrogens is 1. The molecule has 1 saturated heterocycles. The molecule has 1 unspecified atom stereocenters. The fraction of sp³-hybridized carbons (Fsp3) is 0.462. The van der Waals surface area contributed by atoms with Crippen molar-refractivity contribution in [2.75, 3.05) is 24.5 Å². The molecule has 21 heavy (non-hydrogen) atoms. The second-order valence-electron chi connectivity index (χ2n) is 5.10. The van der Waals surface area contributed by atoms with Crippen molar-refractivity contribution in [1.29, 1.82) is 0 Å². The molecule has 0 amide bonds. The molecule has 0 aliphatic carbocycles. The Morgan fingerprint density at radius 2 is 2.33 bits per heavy atom. The number of anilines is 1. The largest absolute Gasteiger partial charge is 0.348 e. The van der Waals surface area contributed by atoms with E-state index in [1.807, 2.05) is 0 Å². The summed E-state index contributed by atoms with van der Waals surface area (Å²) >= 11 is 1.59. The van der Waals surface area contributed by atoms with E-state index in [0.717, 1.165) is 29.3 Å². The number of hydrogen-bond acceptors (Lipinski definition) is 6. The van der Waals surface area contributed by atoms with Crippen molar-refractivity contribution < 1.29 is 4.92 Å². The number of nitrogens with zero attached hydrogens (tertiary/aromatic N) is 3. The number of nitro benzene ring substituents is 1. The first-order chi connectivity index (χ1) is 9.67. The third-order valence-corrected chi connectivity index (χ3v) is 4.79. The summed E-state index contributed by atoms with van der Waals surface area (Å²) in [6, 6.07) is 4.85. The minimum absolute atomic E-state index is 0. The van der Waals surface area contributed by atoms with Gasteiger partial charge in [0.15, 0.2) is 5.13 Å². The maximum Gasteiger partial charge on any atom is 0.271 e. The Balaban J connectivity index is 0.00000161. The van der Waals surface area contributed by atoms with Crippen LogP contribution in [0, 0.1) is 16.0 Å². The molecule has 1 aromatic carbocycles. The van der Waals surface area contributed by atoms with E-state index in [4.69, 9.17) is 5.73 Å². The van der Waals surface area contributed by atoms with Gasteiger partial charge in [-0.2, -0.15) is 0 Å². The van der Waals surface area contributed by atoms with Crippen LogP contribution in [0.3, 0.4) is 0 Å². The zero-order valence-electron chi connectivity index (χ0n) is 11.4. The van der Waals surface area contributed by atoms with Gasteiger partial charge in [-0.05, 0) is 31.4 Å². The minimum atomic E-state index is -0.385. The van der Waals surface area contributed by atoms with Gasteiger partial charge in [-0.3, -0.25) is 10.1 Å². The van der Waals surface area contributed by atoms with Gasteiger partial charge in [0.1, 0.15) is 0 Å². The van der Waals surface area contributed by atoms with E-state index in [9.17, 15) is 10.1 Å². The van der Waals surface area contributed by atoms with E-state index >= 15 is 0 Å². The first-order valence-corrected chi connectivity index (χ1v) is 7.49. The summed E-state index contributed by atoms with van der Waals surface area (Å²) in [5, 5.41) is 11.7. The number of fused-ring (bicyclic) bond motifs is 1. The number of benzene rings is 1. The van der Waals surface area contributed by atoms with Gasteiger partial charge in [0.05, 0.1) is 15.1 Å². The average molecular weight is 329 g/mol. The topological polar surface area (TPSA) is 85.3 Å². The van der Waals surface area contributed by atoms with Crippen molar-refractivity contribution in [3.63, 3.8) is 0 Å². The van der Waals surface area contributed by atoms with Gasteiger partial charge < -0.3 is 10.6 Å². The first kappa shape index (κ1) is 15.9. The number of rotatable bonds is 3. The van der Waals surface area contributed by atoms with Crippen LogP contribution in [0.15, 0.2) is 18.2 Å². The number of non-ortho nitro benzene ring substituents is 1. The molecule has 6 nitrogen and oxygen atoms in total. The SMILES string of the molecule is Cl.NCC1CCCN(c2nc3cc([N+](=O)[O-])ccc3s2)C1. The molecule has 1 aliphatic rings. The lowest BCUT2D eigenvalue weighted by Gasteiger charge is -2.31. The minimum Gasteiger partial charge on any atom is -0.348 e. The molecule has 0 bridgehead atoms. The number of piperidine rings is 1. The molecule has 0 saturated carbocycles. The number of nitrogens with two attached hydrogens (primary N) is 1. The lowest BCUT2D eigenvalue weighted by atomic mass is 9.99. The number of nitro groups is 1. The molecule has 8 heteroatoms. The van der Waals surface area contributed by atoms with Gasteiger partial charge in [0.2, 0.25) is 0 Å². The zero-order chi connectivity index (χ0) is 14.1. The van der Waals surface area contributed by atoms with Crippen molar-refractivity contribution in [1.82, 2.24) is 4.98 Å². The predicted octanol–water partition coefficient (Wildman–Crippen LogP) is 2.80. The van der Waals surface area contributed by atoms with Crippen LogP contribution in [0.4, 0.5) is 10.8 Å². The molecule has 3 rings (SSSR count). The Kier molecular flexibility index (Phi) is 4.97. The molecular formula is C13H17ClN4O2S. The monoisotopic (exact) mass is 328 g/mol. The summed E-state index contributed by atoms with van der Waals surface area (Å²) in [6.07, 6.45) is 2.29. The van der Waals surface area contributed by atoms with Gasteiger partial charge in [-0.25, -0.2) is 4.98 Å². The fourth-order valence-electron chi connectivity index (χ4n) is 2.58. The van der Waals surface area contributed by atoms with Crippen LogP contribution < -0.4 is 10.6 Å². The third-order valence-electron chi connectivity index (χ3n) is 3.69. The molecule has 2 aromatic rings. The lowest BCUT2D eigenvalue weighted by molar-refractivity contribution is -0.384. The molecule has 2 N–H and O–H groups in total. The number of hydrogen-bond donors (Lipinski definition) is 1. The van der Waals surface area contributed by atoms with E-state index in [1.165, 1.54) is 12.5 Å². The van der Waals surface area contributed by atoms with Crippen molar-refractivity contribution in [2.24, 2.45) is 11.7 Å². The van der Waals surface area contributed by atoms with E-state index < -0.39 is 0 Å². The molecule has 1 aliphatic heterocycles. The second-order valence-corrected chi connectivity index (χ2v) is 6.10. The normalized spacial score (nSPS) is 18.5. The molecule has 1 fully saturated rings. The van der Waals surface area contributed by atoms with Crippen LogP contribution >= 0.6 is 23.7 Å². The van der Waals surface area contributed by atoms with Crippen LogP contribution in [0.1, 0.15) is 12.8 Å². The Morgan fingerprint density at radius 1 is 1.52 bits per heavy atom. The highest BCUT2D eigenvalue weighted by Crippen LogP contribution is 2.33. The molecule has 0 spiro atoms. The highest BCUT2D eigenvalue weighted by molar-refractivity contribution is 7.22. The standard InChI is InChI=1S/C13H16N4O2S.ClH/c14-7-9-2-1-5-16(8-9)13-15-11-6-10(17(18)19)3-4-12(11)20-13;/h3-4,6,9H,1-2,5,7-8,14H2;1H. The Labute approximate surface area is 132 Å². The second kappa shape index (κ2) is 6.55. The van der Waals surface area contributed by atoms with Crippen LogP contribution in [0.2, 0.25) is 0 Å². The molecule has 114 valence electrons. The summed E-state index contributed by atoms with van der Waals surface area (Å²) in [6.45, 7) is 2.61. The van der Waals surface area contributed by atoms with Gasteiger partial charge in [0, 0.05) is 25.2 Å². The van der Waals surface area contributed by atoms with Crippen LogP contribution in [-0.4, -0.2) is 29.5 Å². The number of halogens is 1. The Hall–Kier alpha value is -1.44. The first-order valence-electron chi connectivity index (χ1n) is 6.67. The molecule has 2 heterocycles. The molecular weight excluding hydrogens is 312 g/mol. The van der Waals surface area contributed by atoms with Gasteiger partial charge in [0.25, 0.3) is 5.69 Å². The highest BCUT2D eigenvalue weighted by Gasteiger charge is 2.21. The summed E-state index contributed by atoms with van der Waals surface area (Å²) in [5.41, 5.74) is 6.55. The Morgan fingerprint density at radius 3 is 3.05 bits per heavy atom. The van der Waals surface area contributed by atoms with Crippen molar-refractivity contribution in [2.45, 2.75) is 12.8 Å². The predicted molar refractivity (Wildman–Crippen MR) is 87.5 cm³/mol. The van der Waals surface area contributed by atoms with E-state index in [1.54, 1.807) is 23.5 Å². The fourth-order valence-corrected chi connectivity index (χ4v) is 3.56. The maximum atomic E-state index is 10.8. The lowest BCUT2D eigenvalue weighted by Crippen LogP contribution is -2.38. The van der Waals surface area contributed by atoms with Crippen molar-refractivity contribution >= 4 is 44.8 Å². The van der Waals surface area contributed by atoms with Crippen LogP contribution in [-0.2, 0) is 0 Å². The summed E-state index contributed by atoms with van der Waals surface area (Å²) in [7, 11) is 0. The Bertz CT molecular complexity index is 648. The van der Waals surface area contributed by atoms with Crippen molar-refractivity contribution in [3.8, 4) is 0 Å². The summed E-state index contributed by atoms with van der Waals surface area (Å²) in [4.78, 5) is 17.2. The summed E-state index contributed by atoms with van der Waals surface area (Å²) in [5.74, 6) is 0.519. The van der Waals surface area contributed by atoms with E-state index in [-0.39, 0.29) is 23.0 Å². The number of thiazole rings is 1. The highest BCUT2D eigenvalue weighted by atomic mass is 35.5. The zero-order valence-corrected chi connectivity index (χ0v) is 13.0. The van der Waals surface area contributed by atoms with Gasteiger partial charge >= 0.3 is 0 Å². The maximum absolute atomic E-state index is 10.8. The molecule has 1 atom stereocenters. The quantitative estimate of drug-likeness (QED) is 0.691. The van der Waals surface area contributed by atoms with Crippen LogP contribution in [0.5, 0.6) is 0 Å².